The van der Waals surface area contributed by atoms with E-state index in [1.165, 1.54) is 10.7 Å². The van der Waals surface area contributed by atoms with Gasteiger partial charge in [0.15, 0.2) is 5.65 Å². The second kappa shape index (κ2) is 4.58. The molecule has 8 heteroatoms. The summed E-state index contributed by atoms with van der Waals surface area (Å²) < 4.78 is 6.75. The summed E-state index contributed by atoms with van der Waals surface area (Å²) in [5, 5.41) is 6.30. The molecule has 18 heavy (non-hydrogen) atoms. The highest BCUT2D eigenvalue weighted by molar-refractivity contribution is 6.18. The van der Waals surface area contributed by atoms with Gasteiger partial charge in [0.25, 0.3) is 0 Å². The number of morpholine rings is 1. The van der Waals surface area contributed by atoms with Crippen LogP contribution in [0.1, 0.15) is 0 Å². The highest BCUT2D eigenvalue weighted by Crippen LogP contribution is 2.18. The Kier molecular flexibility index (Phi) is 2.92. The third-order valence-corrected chi connectivity index (χ3v) is 3.35. The van der Waals surface area contributed by atoms with Crippen LogP contribution in [0.15, 0.2) is 17.2 Å². The molecule has 2 aromatic heterocycles. The normalized spacial score (nSPS) is 20.5. The number of aromatic nitrogens is 4. The lowest BCUT2D eigenvalue weighted by Gasteiger charge is -2.35. The quantitative estimate of drug-likeness (QED) is 0.768. The number of halogens is 1. The Morgan fingerprint density at radius 1 is 1.61 bits per heavy atom. The van der Waals surface area contributed by atoms with Crippen LogP contribution in [0.5, 0.6) is 0 Å². The van der Waals surface area contributed by atoms with Gasteiger partial charge in [0.2, 0.25) is 0 Å². The molecule has 0 amide bonds. The van der Waals surface area contributed by atoms with Gasteiger partial charge in [-0.3, -0.25) is 0 Å². The lowest BCUT2D eigenvalue weighted by atomic mass is 10.2. The Morgan fingerprint density at radius 3 is 3.33 bits per heavy atom. The molecule has 1 N–H and O–H groups in total. The van der Waals surface area contributed by atoms with Crippen molar-refractivity contribution < 1.29 is 4.74 Å². The second-order valence-corrected chi connectivity index (χ2v) is 4.39. The van der Waals surface area contributed by atoms with Crippen molar-refractivity contribution in [3.8, 4) is 0 Å². The third-order valence-electron chi connectivity index (χ3n) is 3.00. The number of aromatic amines is 1. The van der Waals surface area contributed by atoms with Crippen LogP contribution >= 0.6 is 11.6 Å². The maximum absolute atomic E-state index is 11.3. The lowest BCUT2D eigenvalue weighted by molar-refractivity contribution is 0.0994. The van der Waals surface area contributed by atoms with Crippen molar-refractivity contribution in [3.63, 3.8) is 0 Å². The number of fused-ring (bicyclic) bond motifs is 1. The predicted molar refractivity (Wildman–Crippen MR) is 66.3 cm³/mol. The van der Waals surface area contributed by atoms with Crippen LogP contribution in [-0.2, 0) is 4.74 Å². The summed E-state index contributed by atoms with van der Waals surface area (Å²) in [5.74, 6) is 1.23. The van der Waals surface area contributed by atoms with Crippen LogP contribution in [0.4, 0.5) is 5.82 Å². The number of nitrogens with zero attached hydrogens (tertiary/aromatic N) is 4. The predicted octanol–water partition coefficient (Wildman–Crippen LogP) is -0.138. The molecule has 0 bridgehead atoms. The standard InChI is InChI=1S/C10H12ClN5O2/c11-4-7-5-18-2-1-15(7)8-3-9-13-14-10(17)16(9)6-12-8/h3,6-7H,1-2,4-5H2,(H,14,17). The number of ether oxygens (including phenoxy) is 1. The largest absolute Gasteiger partial charge is 0.377 e. The Hall–Kier alpha value is -1.60. The van der Waals surface area contributed by atoms with Crippen molar-refractivity contribution in [3.05, 3.63) is 22.9 Å². The van der Waals surface area contributed by atoms with Crippen molar-refractivity contribution in [2.75, 3.05) is 30.5 Å². The van der Waals surface area contributed by atoms with E-state index in [0.717, 1.165) is 12.4 Å². The molecule has 0 radical (unpaired) electrons. The monoisotopic (exact) mass is 269 g/mol. The minimum Gasteiger partial charge on any atom is -0.377 e. The molecule has 1 aliphatic rings. The molecule has 1 fully saturated rings. The fourth-order valence-corrected chi connectivity index (χ4v) is 2.30. The van der Waals surface area contributed by atoms with E-state index in [-0.39, 0.29) is 11.7 Å². The zero-order valence-electron chi connectivity index (χ0n) is 9.54. The van der Waals surface area contributed by atoms with Crippen molar-refractivity contribution in [2.24, 2.45) is 0 Å². The fraction of sp³-hybridized carbons (Fsp3) is 0.500. The number of hydrogen-bond acceptors (Lipinski definition) is 5. The zero-order valence-corrected chi connectivity index (χ0v) is 10.3. The minimum absolute atomic E-state index is 0.0982. The molecular formula is C10H12ClN5O2. The van der Waals surface area contributed by atoms with Crippen molar-refractivity contribution in [2.45, 2.75) is 6.04 Å². The SMILES string of the molecule is O=c1[nH]nc2cc(N3CCOCC3CCl)ncn12. The summed E-state index contributed by atoms with van der Waals surface area (Å²) >= 11 is 5.92. The molecule has 1 unspecified atom stereocenters. The molecule has 3 heterocycles. The lowest BCUT2D eigenvalue weighted by Crippen LogP contribution is -2.47. The molecule has 1 atom stereocenters. The van der Waals surface area contributed by atoms with E-state index in [0.29, 0.717) is 24.7 Å². The second-order valence-electron chi connectivity index (χ2n) is 4.08. The topological polar surface area (TPSA) is 75.5 Å². The van der Waals surface area contributed by atoms with Gasteiger partial charge in [0, 0.05) is 18.5 Å². The van der Waals surface area contributed by atoms with Crippen molar-refractivity contribution >= 4 is 23.1 Å². The molecule has 96 valence electrons. The average molecular weight is 270 g/mol. The van der Waals surface area contributed by atoms with Crippen LogP contribution in [0, 0.1) is 0 Å². The van der Waals surface area contributed by atoms with Gasteiger partial charge in [0.05, 0.1) is 19.3 Å². The molecule has 0 spiro atoms. The summed E-state index contributed by atoms with van der Waals surface area (Å²) in [7, 11) is 0. The Morgan fingerprint density at radius 2 is 2.50 bits per heavy atom. The van der Waals surface area contributed by atoms with E-state index in [4.69, 9.17) is 16.3 Å². The number of rotatable bonds is 2. The molecule has 7 nitrogen and oxygen atoms in total. The first-order chi connectivity index (χ1) is 8.79. The fourth-order valence-electron chi connectivity index (χ4n) is 2.04. The van der Waals surface area contributed by atoms with Gasteiger partial charge in [-0.25, -0.2) is 19.3 Å². The van der Waals surface area contributed by atoms with E-state index >= 15 is 0 Å². The van der Waals surface area contributed by atoms with Gasteiger partial charge in [0.1, 0.15) is 12.1 Å². The summed E-state index contributed by atoms with van der Waals surface area (Å²) in [6.45, 7) is 1.96. The molecule has 2 aromatic rings. The van der Waals surface area contributed by atoms with Crippen molar-refractivity contribution in [1.82, 2.24) is 19.6 Å². The summed E-state index contributed by atoms with van der Waals surface area (Å²) in [6, 6.07) is 1.86. The molecule has 0 saturated carbocycles. The average Bonchev–Trinajstić information content (AvgIpc) is 2.80. The molecule has 0 aromatic carbocycles. The van der Waals surface area contributed by atoms with E-state index in [2.05, 4.69) is 20.1 Å². The Labute approximate surface area is 107 Å². The molecular weight excluding hydrogens is 258 g/mol. The number of alkyl halides is 1. The van der Waals surface area contributed by atoms with Crippen LogP contribution < -0.4 is 10.6 Å². The first-order valence-electron chi connectivity index (χ1n) is 5.63. The van der Waals surface area contributed by atoms with Crippen LogP contribution in [0.2, 0.25) is 0 Å². The summed E-state index contributed by atoms with van der Waals surface area (Å²) in [5.41, 5.74) is 0.254. The molecule has 3 rings (SSSR count). The maximum Gasteiger partial charge on any atom is 0.348 e. The van der Waals surface area contributed by atoms with Crippen LogP contribution in [0.3, 0.4) is 0 Å². The van der Waals surface area contributed by atoms with E-state index in [9.17, 15) is 4.79 Å². The maximum atomic E-state index is 11.3. The van der Waals surface area contributed by atoms with Gasteiger partial charge in [-0.15, -0.1) is 11.6 Å². The minimum atomic E-state index is -0.292. The van der Waals surface area contributed by atoms with E-state index in [1.54, 1.807) is 6.07 Å². The van der Waals surface area contributed by atoms with Gasteiger partial charge in [-0.05, 0) is 0 Å². The van der Waals surface area contributed by atoms with Crippen LogP contribution in [-0.4, -0.2) is 51.3 Å². The third kappa shape index (κ3) is 1.85. The smallest absolute Gasteiger partial charge is 0.348 e. The van der Waals surface area contributed by atoms with E-state index < -0.39 is 0 Å². The van der Waals surface area contributed by atoms with E-state index in [1.807, 2.05) is 0 Å². The highest BCUT2D eigenvalue weighted by Gasteiger charge is 2.23. The Balaban J connectivity index is 1.99. The number of anilines is 1. The first-order valence-corrected chi connectivity index (χ1v) is 6.16. The number of hydrogen-bond donors (Lipinski definition) is 1. The zero-order chi connectivity index (χ0) is 12.5. The molecule has 1 saturated heterocycles. The van der Waals surface area contributed by atoms with Gasteiger partial charge in [-0.1, -0.05) is 0 Å². The molecule has 1 aliphatic heterocycles. The van der Waals surface area contributed by atoms with Gasteiger partial charge in [-0.2, -0.15) is 5.10 Å². The van der Waals surface area contributed by atoms with Gasteiger partial charge >= 0.3 is 5.69 Å². The first kappa shape index (κ1) is 11.5. The summed E-state index contributed by atoms with van der Waals surface area (Å²) in [4.78, 5) is 17.7. The highest BCUT2D eigenvalue weighted by atomic mass is 35.5. The number of H-pyrrole nitrogens is 1. The summed E-state index contributed by atoms with van der Waals surface area (Å²) in [6.07, 6.45) is 1.47. The van der Waals surface area contributed by atoms with Crippen molar-refractivity contribution in [1.29, 1.82) is 0 Å². The molecule has 0 aliphatic carbocycles. The van der Waals surface area contributed by atoms with Crippen LogP contribution in [0.25, 0.3) is 5.65 Å². The Bertz CT molecular complexity index is 610. The number of nitrogens with one attached hydrogen (secondary N) is 1. The van der Waals surface area contributed by atoms with Gasteiger partial charge < -0.3 is 9.64 Å².